The van der Waals surface area contributed by atoms with Crippen molar-refractivity contribution in [1.82, 2.24) is 4.98 Å². The zero-order valence-electron chi connectivity index (χ0n) is 10.9. The van der Waals surface area contributed by atoms with Crippen molar-refractivity contribution in [2.75, 3.05) is 11.8 Å². The highest BCUT2D eigenvalue weighted by atomic mass is 32.2. The minimum Gasteiger partial charge on any atom is -0.497 e. The molecule has 0 saturated heterocycles. The van der Waals surface area contributed by atoms with Crippen LogP contribution in [0.5, 0.6) is 5.75 Å². The average molecular weight is 293 g/mol. The SMILES string of the molecule is COc1ccc(NS(=O)(=O)c2cccnc2CN)cc1. The smallest absolute Gasteiger partial charge is 0.263 e. The minimum atomic E-state index is -3.71. The van der Waals surface area contributed by atoms with Crippen LogP contribution in [0.2, 0.25) is 0 Å². The zero-order chi connectivity index (χ0) is 14.6. The summed E-state index contributed by atoms with van der Waals surface area (Å²) in [6.45, 7) is 0.0553. The average Bonchev–Trinajstić information content (AvgIpc) is 2.47. The molecule has 0 atom stereocenters. The molecule has 6 nitrogen and oxygen atoms in total. The lowest BCUT2D eigenvalue weighted by Crippen LogP contribution is -2.17. The molecule has 7 heteroatoms. The second kappa shape index (κ2) is 5.89. The summed E-state index contributed by atoms with van der Waals surface area (Å²) in [6, 6.07) is 9.61. The normalized spacial score (nSPS) is 11.1. The topological polar surface area (TPSA) is 94.3 Å². The van der Waals surface area contributed by atoms with E-state index in [0.29, 0.717) is 17.1 Å². The number of nitrogens with zero attached hydrogens (tertiary/aromatic N) is 1. The summed E-state index contributed by atoms with van der Waals surface area (Å²) in [7, 11) is -2.16. The van der Waals surface area contributed by atoms with Gasteiger partial charge in [0.2, 0.25) is 0 Å². The van der Waals surface area contributed by atoms with Gasteiger partial charge in [0.15, 0.2) is 0 Å². The van der Waals surface area contributed by atoms with Crippen LogP contribution in [0.15, 0.2) is 47.5 Å². The van der Waals surface area contributed by atoms with E-state index >= 15 is 0 Å². The standard InChI is InChI=1S/C13H15N3O3S/c1-19-11-6-4-10(5-7-11)16-20(17,18)13-3-2-8-15-12(13)9-14/h2-8,16H,9,14H2,1H3. The summed E-state index contributed by atoms with van der Waals surface area (Å²) in [4.78, 5) is 4.05. The molecule has 0 radical (unpaired) electrons. The van der Waals surface area contributed by atoms with Crippen molar-refractivity contribution in [3.8, 4) is 5.75 Å². The highest BCUT2D eigenvalue weighted by Crippen LogP contribution is 2.20. The van der Waals surface area contributed by atoms with E-state index in [0.717, 1.165) is 0 Å². The molecule has 106 valence electrons. The lowest BCUT2D eigenvalue weighted by molar-refractivity contribution is 0.415. The Morgan fingerprint density at radius 3 is 2.55 bits per heavy atom. The molecular weight excluding hydrogens is 278 g/mol. The van der Waals surface area contributed by atoms with Crippen LogP contribution in [0, 0.1) is 0 Å². The van der Waals surface area contributed by atoms with E-state index in [1.165, 1.54) is 12.3 Å². The first-order valence-electron chi connectivity index (χ1n) is 5.87. The van der Waals surface area contributed by atoms with Crippen molar-refractivity contribution >= 4 is 15.7 Å². The molecule has 1 aromatic heterocycles. The van der Waals surface area contributed by atoms with Gasteiger partial charge in [-0.2, -0.15) is 0 Å². The van der Waals surface area contributed by atoms with Crippen molar-refractivity contribution in [2.45, 2.75) is 11.4 Å². The number of pyridine rings is 1. The molecule has 2 aromatic rings. The van der Waals surface area contributed by atoms with E-state index in [-0.39, 0.29) is 11.4 Å². The number of nitrogens with one attached hydrogen (secondary N) is 1. The van der Waals surface area contributed by atoms with E-state index < -0.39 is 10.0 Å². The third-order valence-corrected chi connectivity index (χ3v) is 4.13. The number of nitrogens with two attached hydrogens (primary N) is 1. The van der Waals surface area contributed by atoms with Gasteiger partial charge in [0, 0.05) is 18.4 Å². The fourth-order valence-electron chi connectivity index (χ4n) is 1.69. The Balaban J connectivity index is 2.30. The molecular formula is C13H15N3O3S. The maximum absolute atomic E-state index is 12.3. The lowest BCUT2D eigenvalue weighted by atomic mass is 10.3. The number of hydrogen-bond donors (Lipinski definition) is 2. The molecule has 0 aliphatic heterocycles. The molecule has 0 aliphatic carbocycles. The van der Waals surface area contributed by atoms with Crippen molar-refractivity contribution in [2.24, 2.45) is 5.73 Å². The Morgan fingerprint density at radius 1 is 1.25 bits per heavy atom. The molecule has 0 bridgehead atoms. The molecule has 2 rings (SSSR count). The van der Waals surface area contributed by atoms with Gasteiger partial charge in [-0.15, -0.1) is 0 Å². The first-order chi connectivity index (χ1) is 9.56. The van der Waals surface area contributed by atoms with Crippen molar-refractivity contribution in [3.63, 3.8) is 0 Å². The number of rotatable bonds is 5. The van der Waals surface area contributed by atoms with E-state index in [4.69, 9.17) is 10.5 Å². The molecule has 0 amide bonds. The van der Waals surface area contributed by atoms with Gasteiger partial charge in [0.05, 0.1) is 12.8 Å². The fourth-order valence-corrected chi connectivity index (χ4v) is 2.95. The Hall–Kier alpha value is -2.12. The number of methoxy groups -OCH3 is 1. The molecule has 3 N–H and O–H groups in total. The Bertz CT molecular complexity index is 684. The van der Waals surface area contributed by atoms with Gasteiger partial charge in [0.1, 0.15) is 10.6 Å². The van der Waals surface area contributed by atoms with Crippen LogP contribution < -0.4 is 15.2 Å². The Labute approximate surface area is 117 Å². The number of aromatic nitrogens is 1. The largest absolute Gasteiger partial charge is 0.497 e. The summed E-state index contributed by atoms with van der Waals surface area (Å²) in [5.74, 6) is 0.650. The number of hydrogen-bond acceptors (Lipinski definition) is 5. The highest BCUT2D eigenvalue weighted by molar-refractivity contribution is 7.92. The lowest BCUT2D eigenvalue weighted by Gasteiger charge is -2.11. The summed E-state index contributed by atoms with van der Waals surface area (Å²) >= 11 is 0. The highest BCUT2D eigenvalue weighted by Gasteiger charge is 2.18. The maximum atomic E-state index is 12.3. The van der Waals surface area contributed by atoms with Crippen LogP contribution in [0.3, 0.4) is 0 Å². The third-order valence-electron chi connectivity index (χ3n) is 2.67. The fraction of sp³-hybridized carbons (Fsp3) is 0.154. The predicted octanol–water partition coefficient (Wildman–Crippen LogP) is 1.35. The summed E-state index contributed by atoms with van der Waals surface area (Å²) < 4.78 is 32.1. The van der Waals surface area contributed by atoms with Crippen LogP contribution in [0.25, 0.3) is 0 Å². The Kier molecular flexibility index (Phi) is 4.21. The second-order valence-electron chi connectivity index (χ2n) is 3.99. The van der Waals surface area contributed by atoms with Crippen molar-refractivity contribution in [1.29, 1.82) is 0 Å². The van der Waals surface area contributed by atoms with Gasteiger partial charge in [0.25, 0.3) is 10.0 Å². The first-order valence-corrected chi connectivity index (χ1v) is 7.36. The van der Waals surface area contributed by atoms with E-state index in [1.807, 2.05) is 0 Å². The molecule has 0 fully saturated rings. The Morgan fingerprint density at radius 2 is 1.95 bits per heavy atom. The third kappa shape index (κ3) is 3.06. The molecule has 0 unspecified atom stereocenters. The van der Waals surface area contributed by atoms with Crippen LogP contribution >= 0.6 is 0 Å². The van der Waals surface area contributed by atoms with Crippen LogP contribution in [0.4, 0.5) is 5.69 Å². The first kappa shape index (κ1) is 14.3. The van der Waals surface area contributed by atoms with E-state index in [1.54, 1.807) is 37.4 Å². The van der Waals surface area contributed by atoms with Crippen LogP contribution in [0.1, 0.15) is 5.69 Å². The number of anilines is 1. The zero-order valence-corrected chi connectivity index (χ0v) is 11.7. The monoisotopic (exact) mass is 293 g/mol. The summed E-state index contributed by atoms with van der Waals surface area (Å²) in [6.07, 6.45) is 1.51. The molecule has 1 heterocycles. The molecule has 0 saturated carbocycles. The quantitative estimate of drug-likeness (QED) is 0.867. The van der Waals surface area contributed by atoms with E-state index in [9.17, 15) is 8.42 Å². The number of ether oxygens (including phenoxy) is 1. The number of sulfonamides is 1. The van der Waals surface area contributed by atoms with Crippen LogP contribution in [-0.2, 0) is 16.6 Å². The summed E-state index contributed by atoms with van der Waals surface area (Å²) in [5, 5.41) is 0. The van der Waals surface area contributed by atoms with Crippen LogP contribution in [-0.4, -0.2) is 20.5 Å². The molecule has 20 heavy (non-hydrogen) atoms. The summed E-state index contributed by atoms with van der Waals surface area (Å²) in [5.41, 5.74) is 6.28. The van der Waals surface area contributed by atoms with Gasteiger partial charge in [-0.1, -0.05) is 0 Å². The van der Waals surface area contributed by atoms with Gasteiger partial charge < -0.3 is 10.5 Å². The van der Waals surface area contributed by atoms with Gasteiger partial charge in [-0.05, 0) is 36.4 Å². The second-order valence-corrected chi connectivity index (χ2v) is 5.64. The van der Waals surface area contributed by atoms with Gasteiger partial charge in [-0.3, -0.25) is 9.71 Å². The van der Waals surface area contributed by atoms with Crippen molar-refractivity contribution in [3.05, 3.63) is 48.3 Å². The van der Waals surface area contributed by atoms with Gasteiger partial charge >= 0.3 is 0 Å². The number of benzene rings is 1. The molecule has 1 aromatic carbocycles. The minimum absolute atomic E-state index is 0.0553. The predicted molar refractivity (Wildman–Crippen MR) is 75.9 cm³/mol. The van der Waals surface area contributed by atoms with E-state index in [2.05, 4.69) is 9.71 Å². The van der Waals surface area contributed by atoms with Crippen molar-refractivity contribution < 1.29 is 13.2 Å². The maximum Gasteiger partial charge on any atom is 0.263 e. The molecule has 0 spiro atoms. The molecule has 0 aliphatic rings. The van der Waals surface area contributed by atoms with Gasteiger partial charge in [-0.25, -0.2) is 8.42 Å².